The van der Waals surface area contributed by atoms with Crippen molar-refractivity contribution in [2.24, 2.45) is 5.14 Å². The van der Waals surface area contributed by atoms with Gasteiger partial charge in [0.1, 0.15) is 0 Å². The molecule has 1 aromatic rings. The smallest absolute Gasteiger partial charge is 0.238 e. The molecule has 5 N–H and O–H groups in total. The monoisotopic (exact) mass is 312 g/mol. The zero-order chi connectivity index (χ0) is 15.7. The van der Waals surface area contributed by atoms with Crippen LogP contribution in [0.3, 0.4) is 0 Å². The third-order valence-electron chi connectivity index (χ3n) is 4.36. The number of sulfonamides is 1. The summed E-state index contributed by atoms with van der Waals surface area (Å²) in [6, 6.07) is 4.63. The molecule has 1 aromatic carbocycles. The van der Waals surface area contributed by atoms with Gasteiger partial charge in [0.25, 0.3) is 0 Å². The zero-order valence-electron chi connectivity index (χ0n) is 12.6. The van der Waals surface area contributed by atoms with E-state index in [9.17, 15) is 8.42 Å². The Labute approximate surface area is 126 Å². The normalized spacial score (nSPS) is 18.1. The third kappa shape index (κ3) is 3.66. The Kier molecular flexibility index (Phi) is 4.46. The van der Waals surface area contributed by atoms with Crippen LogP contribution in [0.2, 0.25) is 0 Å². The van der Waals surface area contributed by atoms with Gasteiger partial charge in [-0.25, -0.2) is 13.6 Å². The van der Waals surface area contributed by atoms with Gasteiger partial charge in [-0.1, -0.05) is 12.8 Å². The number of hydrogen-bond acceptors (Lipinski definition) is 5. The van der Waals surface area contributed by atoms with Gasteiger partial charge in [-0.3, -0.25) is 0 Å². The first-order chi connectivity index (χ1) is 9.73. The van der Waals surface area contributed by atoms with Crippen molar-refractivity contribution < 1.29 is 8.42 Å². The van der Waals surface area contributed by atoms with Gasteiger partial charge in [-0.15, -0.1) is 0 Å². The first-order valence-corrected chi connectivity index (χ1v) is 8.62. The summed E-state index contributed by atoms with van der Waals surface area (Å²) >= 11 is 0. The highest BCUT2D eigenvalue weighted by Gasteiger charge is 2.35. The van der Waals surface area contributed by atoms with Gasteiger partial charge < -0.3 is 16.0 Å². The van der Waals surface area contributed by atoms with E-state index < -0.39 is 10.0 Å². The molecule has 0 heterocycles. The van der Waals surface area contributed by atoms with Gasteiger partial charge >= 0.3 is 0 Å². The standard InChI is InChI=1S/C14H24N4O2S/c1-18(2)14(5-3-4-6-14)10-17-12-7-11(15)8-13(9-12)21(16,19)20/h7-9,17H,3-6,10,15H2,1-2H3,(H2,16,19,20). The molecule has 0 bridgehead atoms. The highest BCUT2D eigenvalue weighted by molar-refractivity contribution is 7.89. The van der Waals surface area contributed by atoms with E-state index in [4.69, 9.17) is 10.9 Å². The molecule has 1 fully saturated rings. The Morgan fingerprint density at radius 3 is 2.38 bits per heavy atom. The van der Waals surface area contributed by atoms with Crippen LogP contribution in [0.5, 0.6) is 0 Å². The number of rotatable bonds is 5. The van der Waals surface area contributed by atoms with Crippen LogP contribution in [0.15, 0.2) is 23.1 Å². The Hall–Kier alpha value is -1.31. The molecular formula is C14H24N4O2S. The van der Waals surface area contributed by atoms with Gasteiger partial charge in [-0.05, 0) is 45.1 Å². The summed E-state index contributed by atoms with van der Waals surface area (Å²) in [6.45, 7) is 0.757. The molecule has 0 atom stereocenters. The second kappa shape index (κ2) is 5.82. The molecule has 1 aliphatic rings. The summed E-state index contributed by atoms with van der Waals surface area (Å²) in [5.74, 6) is 0. The van der Waals surface area contributed by atoms with E-state index in [-0.39, 0.29) is 10.4 Å². The largest absolute Gasteiger partial charge is 0.399 e. The Bertz CT molecular complexity index is 607. The number of primary sulfonamides is 1. The number of anilines is 2. The van der Waals surface area contributed by atoms with E-state index in [1.807, 2.05) is 0 Å². The lowest BCUT2D eigenvalue weighted by Crippen LogP contribution is -2.47. The lowest BCUT2D eigenvalue weighted by Gasteiger charge is -2.36. The highest BCUT2D eigenvalue weighted by Crippen LogP contribution is 2.34. The van der Waals surface area contributed by atoms with Gasteiger partial charge in [0, 0.05) is 23.5 Å². The number of hydrogen-bond donors (Lipinski definition) is 3. The van der Waals surface area contributed by atoms with Crippen LogP contribution in [0, 0.1) is 0 Å². The predicted octanol–water partition coefficient (Wildman–Crippen LogP) is 1.20. The quantitative estimate of drug-likeness (QED) is 0.709. The minimum atomic E-state index is -3.75. The summed E-state index contributed by atoms with van der Waals surface area (Å²) in [4.78, 5) is 2.29. The Morgan fingerprint density at radius 1 is 1.24 bits per heavy atom. The molecule has 0 aliphatic heterocycles. The van der Waals surface area contributed by atoms with Crippen molar-refractivity contribution in [3.8, 4) is 0 Å². The van der Waals surface area contributed by atoms with Crippen molar-refractivity contribution in [1.82, 2.24) is 4.90 Å². The molecule has 6 nitrogen and oxygen atoms in total. The van der Waals surface area contributed by atoms with Crippen molar-refractivity contribution in [1.29, 1.82) is 0 Å². The van der Waals surface area contributed by atoms with E-state index in [1.165, 1.54) is 25.0 Å². The molecule has 0 amide bonds. The van der Waals surface area contributed by atoms with Crippen LogP contribution < -0.4 is 16.2 Å². The number of nitrogen functional groups attached to an aromatic ring is 1. The number of likely N-dealkylation sites (N-methyl/N-ethyl adjacent to an activating group) is 1. The highest BCUT2D eigenvalue weighted by atomic mass is 32.2. The zero-order valence-corrected chi connectivity index (χ0v) is 13.4. The average Bonchev–Trinajstić information content (AvgIpc) is 2.85. The Morgan fingerprint density at radius 2 is 1.86 bits per heavy atom. The molecule has 0 spiro atoms. The number of nitrogens with two attached hydrogens (primary N) is 2. The molecule has 2 rings (SSSR count). The molecule has 0 unspecified atom stereocenters. The third-order valence-corrected chi connectivity index (χ3v) is 5.25. The van der Waals surface area contributed by atoms with Crippen LogP contribution in [0.1, 0.15) is 25.7 Å². The maximum Gasteiger partial charge on any atom is 0.238 e. The maximum atomic E-state index is 11.5. The second-order valence-corrected chi connectivity index (χ2v) is 7.58. The summed E-state index contributed by atoms with van der Waals surface area (Å²) in [5, 5.41) is 8.49. The van der Waals surface area contributed by atoms with E-state index in [0.29, 0.717) is 11.4 Å². The van der Waals surface area contributed by atoms with Gasteiger partial charge in [-0.2, -0.15) is 0 Å². The van der Waals surface area contributed by atoms with Crippen LogP contribution in [-0.4, -0.2) is 39.5 Å². The second-order valence-electron chi connectivity index (χ2n) is 6.02. The van der Waals surface area contributed by atoms with Crippen molar-refractivity contribution in [3.63, 3.8) is 0 Å². The van der Waals surface area contributed by atoms with E-state index in [1.54, 1.807) is 6.07 Å². The molecule has 118 valence electrons. The fourth-order valence-corrected chi connectivity index (χ4v) is 3.56. The molecule has 21 heavy (non-hydrogen) atoms. The minimum Gasteiger partial charge on any atom is -0.399 e. The van der Waals surface area contributed by atoms with Crippen LogP contribution >= 0.6 is 0 Å². The van der Waals surface area contributed by atoms with Crippen molar-refractivity contribution in [2.45, 2.75) is 36.1 Å². The topological polar surface area (TPSA) is 101 Å². The number of nitrogens with zero attached hydrogens (tertiary/aromatic N) is 1. The van der Waals surface area contributed by atoms with Gasteiger partial charge in [0.15, 0.2) is 0 Å². The first kappa shape index (κ1) is 16.1. The summed E-state index contributed by atoms with van der Waals surface area (Å²) < 4.78 is 22.9. The van der Waals surface area contributed by atoms with E-state index >= 15 is 0 Å². The Balaban J connectivity index is 2.18. The summed E-state index contributed by atoms with van der Waals surface area (Å²) in [7, 11) is 0.424. The van der Waals surface area contributed by atoms with Crippen LogP contribution in [-0.2, 0) is 10.0 Å². The molecule has 0 radical (unpaired) electrons. The minimum absolute atomic E-state index is 0.0373. The van der Waals surface area contributed by atoms with Gasteiger partial charge in [0.2, 0.25) is 10.0 Å². The van der Waals surface area contributed by atoms with Crippen molar-refractivity contribution >= 4 is 21.4 Å². The van der Waals surface area contributed by atoms with E-state index in [0.717, 1.165) is 19.4 Å². The molecule has 7 heteroatoms. The fourth-order valence-electron chi connectivity index (χ4n) is 2.97. The average molecular weight is 312 g/mol. The van der Waals surface area contributed by atoms with Gasteiger partial charge in [0.05, 0.1) is 4.90 Å². The number of benzene rings is 1. The summed E-state index contributed by atoms with van der Waals surface area (Å²) in [6.07, 6.45) is 4.72. The molecule has 1 aliphatic carbocycles. The molecule has 1 saturated carbocycles. The van der Waals surface area contributed by atoms with Crippen molar-refractivity contribution in [3.05, 3.63) is 18.2 Å². The SMILES string of the molecule is CN(C)C1(CNc2cc(N)cc(S(N)(=O)=O)c2)CCCC1. The molecule has 0 saturated heterocycles. The predicted molar refractivity (Wildman–Crippen MR) is 85.6 cm³/mol. The lowest BCUT2D eigenvalue weighted by atomic mass is 9.96. The molecule has 0 aromatic heterocycles. The fraction of sp³-hybridized carbons (Fsp3) is 0.571. The maximum absolute atomic E-state index is 11.5. The van der Waals surface area contributed by atoms with E-state index in [2.05, 4.69) is 24.3 Å². The van der Waals surface area contributed by atoms with Crippen molar-refractivity contribution in [2.75, 3.05) is 31.7 Å². The summed E-state index contributed by atoms with van der Waals surface area (Å²) in [5.41, 5.74) is 6.95. The van der Waals surface area contributed by atoms with Crippen LogP contribution in [0.25, 0.3) is 0 Å². The number of nitrogens with one attached hydrogen (secondary N) is 1. The lowest BCUT2D eigenvalue weighted by molar-refractivity contribution is 0.172. The molecular weight excluding hydrogens is 288 g/mol. The van der Waals surface area contributed by atoms with Crippen LogP contribution in [0.4, 0.5) is 11.4 Å². The first-order valence-electron chi connectivity index (χ1n) is 7.08.